The molecule has 0 bridgehead atoms. The van der Waals surface area contributed by atoms with E-state index in [2.05, 4.69) is 53.8 Å². The van der Waals surface area contributed by atoms with Crippen molar-refractivity contribution in [1.29, 1.82) is 0 Å². The molecule has 0 spiro atoms. The minimum absolute atomic E-state index is 0.0563. The highest BCUT2D eigenvalue weighted by molar-refractivity contribution is 6.74. The van der Waals surface area contributed by atoms with Crippen molar-refractivity contribution in [2.45, 2.75) is 90.0 Å². The molecule has 0 heterocycles. The zero-order chi connectivity index (χ0) is 19.0. The molecule has 1 aliphatic rings. The summed E-state index contributed by atoms with van der Waals surface area (Å²) in [7, 11) is -3.33. The first-order valence-electron chi connectivity index (χ1n) is 9.65. The fourth-order valence-corrected chi connectivity index (χ4v) is 5.14. The van der Waals surface area contributed by atoms with Crippen molar-refractivity contribution >= 4 is 20.9 Å². The van der Waals surface area contributed by atoms with Gasteiger partial charge in [0.05, 0.1) is 6.10 Å². The Morgan fingerprint density at radius 1 is 1.20 bits per heavy atom. The lowest BCUT2D eigenvalue weighted by Crippen LogP contribution is -2.44. The molecule has 3 nitrogen and oxygen atoms in total. The van der Waals surface area contributed by atoms with Gasteiger partial charge < -0.3 is 14.5 Å². The molecule has 5 heteroatoms. The van der Waals surface area contributed by atoms with Crippen molar-refractivity contribution in [3.8, 4) is 0 Å². The topological polar surface area (TPSA) is 49.7 Å². The SMILES string of the molecule is CCC1(CC)CCC(O[Si](C)(C)C(C)(C)C)c2cc(B(O)O)ccc21. The molecule has 0 aliphatic heterocycles. The molecule has 0 fully saturated rings. The van der Waals surface area contributed by atoms with Gasteiger partial charge in [-0.05, 0) is 65.8 Å². The Morgan fingerprint density at radius 2 is 1.80 bits per heavy atom. The molecule has 0 amide bonds. The standard InChI is InChI=1S/C20H35BO3Si/c1-8-20(9-2)13-12-18(24-25(6,7)19(3,4)5)16-14-15(21(22)23)10-11-17(16)20/h10-11,14,18,22-23H,8-9,12-13H2,1-7H3. The summed E-state index contributed by atoms with van der Waals surface area (Å²) >= 11 is 0. The summed E-state index contributed by atoms with van der Waals surface area (Å²) in [6.07, 6.45) is 4.40. The Labute approximate surface area is 155 Å². The van der Waals surface area contributed by atoms with Crippen LogP contribution in [0.2, 0.25) is 18.1 Å². The Balaban J connectivity index is 2.51. The summed E-state index contributed by atoms with van der Waals surface area (Å²) in [6.45, 7) is 15.9. The van der Waals surface area contributed by atoms with E-state index in [0.29, 0.717) is 5.46 Å². The van der Waals surface area contributed by atoms with Crippen molar-refractivity contribution < 1.29 is 14.5 Å². The first kappa shape index (κ1) is 20.7. The number of fused-ring (bicyclic) bond motifs is 1. The van der Waals surface area contributed by atoms with E-state index < -0.39 is 15.4 Å². The van der Waals surface area contributed by atoms with E-state index in [1.165, 1.54) is 11.1 Å². The molecule has 25 heavy (non-hydrogen) atoms. The van der Waals surface area contributed by atoms with Crippen LogP contribution in [0.15, 0.2) is 18.2 Å². The maximum Gasteiger partial charge on any atom is 0.488 e. The Hall–Kier alpha value is -0.618. The van der Waals surface area contributed by atoms with Crippen LogP contribution >= 0.6 is 0 Å². The highest BCUT2D eigenvalue weighted by atomic mass is 28.4. The van der Waals surface area contributed by atoms with E-state index in [-0.39, 0.29) is 16.6 Å². The van der Waals surface area contributed by atoms with Crippen molar-refractivity contribution in [1.82, 2.24) is 0 Å². The van der Waals surface area contributed by atoms with Crippen molar-refractivity contribution in [3.63, 3.8) is 0 Å². The normalized spacial score (nSPS) is 20.3. The van der Waals surface area contributed by atoms with Gasteiger partial charge in [0.2, 0.25) is 0 Å². The van der Waals surface area contributed by atoms with Crippen LogP contribution in [-0.4, -0.2) is 25.5 Å². The fraction of sp³-hybridized carbons (Fsp3) is 0.700. The molecule has 0 saturated heterocycles. The Bertz CT molecular complexity index is 603. The van der Waals surface area contributed by atoms with Gasteiger partial charge in [0.1, 0.15) is 0 Å². The third kappa shape index (κ3) is 3.90. The van der Waals surface area contributed by atoms with Crippen LogP contribution in [0, 0.1) is 0 Å². The molecule has 1 aromatic carbocycles. The predicted octanol–water partition coefficient (Wildman–Crippen LogP) is 4.28. The van der Waals surface area contributed by atoms with Gasteiger partial charge in [-0.15, -0.1) is 0 Å². The molecular weight excluding hydrogens is 327 g/mol. The van der Waals surface area contributed by atoms with Crippen molar-refractivity contribution in [2.75, 3.05) is 0 Å². The lowest BCUT2D eigenvalue weighted by atomic mass is 9.64. The van der Waals surface area contributed by atoms with Gasteiger partial charge in [-0.3, -0.25) is 0 Å². The van der Waals surface area contributed by atoms with E-state index in [4.69, 9.17) is 4.43 Å². The van der Waals surface area contributed by atoms with Crippen LogP contribution < -0.4 is 5.46 Å². The number of hydrogen-bond acceptors (Lipinski definition) is 3. The van der Waals surface area contributed by atoms with Crippen LogP contribution in [-0.2, 0) is 9.84 Å². The highest BCUT2D eigenvalue weighted by Gasteiger charge is 2.43. The zero-order valence-corrected chi connectivity index (χ0v) is 18.0. The second kappa shape index (κ2) is 7.18. The van der Waals surface area contributed by atoms with E-state index in [1.54, 1.807) is 0 Å². The fourth-order valence-electron chi connectivity index (χ4n) is 3.83. The van der Waals surface area contributed by atoms with E-state index in [9.17, 15) is 10.0 Å². The predicted molar refractivity (Wildman–Crippen MR) is 109 cm³/mol. The van der Waals surface area contributed by atoms with E-state index >= 15 is 0 Å². The summed E-state index contributed by atoms with van der Waals surface area (Å²) < 4.78 is 6.76. The number of hydrogen-bond donors (Lipinski definition) is 2. The van der Waals surface area contributed by atoms with Gasteiger partial charge in [0.15, 0.2) is 8.32 Å². The van der Waals surface area contributed by atoms with Crippen molar-refractivity contribution in [2.24, 2.45) is 0 Å². The largest absolute Gasteiger partial charge is 0.488 e. The average molecular weight is 362 g/mol. The summed E-state index contributed by atoms with van der Waals surface area (Å²) in [5.74, 6) is 0. The summed E-state index contributed by atoms with van der Waals surface area (Å²) in [6, 6.07) is 5.94. The van der Waals surface area contributed by atoms with Crippen molar-refractivity contribution in [3.05, 3.63) is 29.3 Å². The zero-order valence-electron chi connectivity index (χ0n) is 17.0. The maximum absolute atomic E-state index is 9.64. The maximum atomic E-state index is 9.64. The minimum atomic E-state index is -1.90. The van der Waals surface area contributed by atoms with Gasteiger partial charge in [-0.2, -0.15) is 0 Å². The lowest BCUT2D eigenvalue weighted by Gasteiger charge is -2.45. The van der Waals surface area contributed by atoms with Gasteiger partial charge in [-0.25, -0.2) is 0 Å². The molecular formula is C20H35BO3Si. The molecule has 0 saturated carbocycles. The van der Waals surface area contributed by atoms with Crippen LogP contribution in [0.3, 0.4) is 0 Å². The molecule has 1 unspecified atom stereocenters. The van der Waals surface area contributed by atoms with Gasteiger partial charge in [0, 0.05) is 0 Å². The van der Waals surface area contributed by atoms with Crippen LogP contribution in [0.1, 0.15) is 77.5 Å². The molecule has 1 aromatic rings. The van der Waals surface area contributed by atoms with E-state index in [0.717, 1.165) is 25.7 Å². The Kier molecular flexibility index (Phi) is 5.94. The second-order valence-corrected chi connectivity index (χ2v) is 13.9. The van der Waals surface area contributed by atoms with Gasteiger partial charge in [-0.1, -0.05) is 52.8 Å². The third-order valence-corrected chi connectivity index (χ3v) is 11.3. The Morgan fingerprint density at radius 3 is 2.28 bits per heavy atom. The molecule has 0 radical (unpaired) electrons. The number of rotatable bonds is 5. The third-order valence-electron chi connectivity index (χ3n) is 6.77. The monoisotopic (exact) mass is 362 g/mol. The van der Waals surface area contributed by atoms with Gasteiger partial charge >= 0.3 is 7.12 Å². The number of benzene rings is 1. The molecule has 0 aromatic heterocycles. The first-order valence-corrected chi connectivity index (χ1v) is 12.6. The summed E-state index contributed by atoms with van der Waals surface area (Å²) in [4.78, 5) is 0. The van der Waals surface area contributed by atoms with Crippen LogP contribution in [0.4, 0.5) is 0 Å². The summed E-state index contributed by atoms with van der Waals surface area (Å²) in [5, 5.41) is 19.4. The highest BCUT2D eigenvalue weighted by Crippen LogP contribution is 2.49. The molecule has 1 aliphatic carbocycles. The summed E-state index contributed by atoms with van der Waals surface area (Å²) in [5.41, 5.74) is 3.26. The minimum Gasteiger partial charge on any atom is -0.423 e. The van der Waals surface area contributed by atoms with Crippen LogP contribution in [0.5, 0.6) is 0 Å². The average Bonchev–Trinajstić information content (AvgIpc) is 2.54. The second-order valence-electron chi connectivity index (χ2n) is 9.11. The molecule has 1 atom stereocenters. The van der Waals surface area contributed by atoms with E-state index in [1.807, 2.05) is 12.1 Å². The lowest BCUT2D eigenvalue weighted by molar-refractivity contribution is 0.137. The molecule has 2 rings (SSSR count). The smallest absolute Gasteiger partial charge is 0.423 e. The van der Waals surface area contributed by atoms with Gasteiger partial charge in [0.25, 0.3) is 0 Å². The van der Waals surface area contributed by atoms with Crippen LogP contribution in [0.25, 0.3) is 0 Å². The molecule has 2 N–H and O–H groups in total. The quantitative estimate of drug-likeness (QED) is 0.769. The molecule has 140 valence electrons. The first-order chi connectivity index (χ1) is 11.5.